The van der Waals surface area contributed by atoms with Crippen LogP contribution in [-0.4, -0.2) is 15.6 Å². The SMILES string of the molecule is Cc1cc(NC(=O)CCn2c(=O)oc3ccccc32)no1. The highest BCUT2D eigenvalue weighted by Crippen LogP contribution is 2.12. The van der Waals surface area contributed by atoms with Gasteiger partial charge in [0.1, 0.15) is 5.76 Å². The lowest BCUT2D eigenvalue weighted by molar-refractivity contribution is -0.116. The van der Waals surface area contributed by atoms with Crippen molar-refractivity contribution >= 4 is 22.8 Å². The third kappa shape index (κ3) is 2.71. The zero-order chi connectivity index (χ0) is 14.8. The molecule has 0 bridgehead atoms. The molecule has 0 aliphatic rings. The maximum atomic E-state index is 11.8. The summed E-state index contributed by atoms with van der Waals surface area (Å²) in [5.41, 5.74) is 1.18. The third-order valence-electron chi connectivity index (χ3n) is 3.03. The van der Waals surface area contributed by atoms with Gasteiger partial charge >= 0.3 is 5.76 Å². The summed E-state index contributed by atoms with van der Waals surface area (Å²) >= 11 is 0. The van der Waals surface area contributed by atoms with E-state index in [2.05, 4.69) is 10.5 Å². The highest BCUT2D eigenvalue weighted by atomic mass is 16.5. The van der Waals surface area contributed by atoms with E-state index in [0.29, 0.717) is 22.7 Å². The molecule has 0 aliphatic heterocycles. The summed E-state index contributed by atoms with van der Waals surface area (Å²) < 4.78 is 11.4. The van der Waals surface area contributed by atoms with Crippen LogP contribution in [0.25, 0.3) is 11.1 Å². The Bertz CT molecular complexity index is 843. The third-order valence-corrected chi connectivity index (χ3v) is 3.03. The number of hydrogen-bond acceptors (Lipinski definition) is 5. The Kier molecular flexibility index (Phi) is 3.31. The van der Waals surface area contributed by atoms with Gasteiger partial charge in [-0.2, -0.15) is 0 Å². The topological polar surface area (TPSA) is 90.3 Å². The smallest absolute Gasteiger partial charge is 0.408 e. The molecule has 0 unspecified atom stereocenters. The number of oxazole rings is 1. The van der Waals surface area contributed by atoms with Crippen LogP contribution in [0, 0.1) is 6.92 Å². The van der Waals surface area contributed by atoms with Crippen molar-refractivity contribution in [3.8, 4) is 0 Å². The second-order valence-corrected chi connectivity index (χ2v) is 4.61. The lowest BCUT2D eigenvalue weighted by atomic mass is 10.3. The minimum absolute atomic E-state index is 0.134. The molecule has 7 nitrogen and oxygen atoms in total. The van der Waals surface area contributed by atoms with E-state index < -0.39 is 5.76 Å². The Hall–Kier alpha value is -2.83. The number of nitrogens with zero attached hydrogens (tertiary/aromatic N) is 2. The maximum absolute atomic E-state index is 11.8. The molecule has 1 amide bonds. The highest BCUT2D eigenvalue weighted by molar-refractivity contribution is 5.89. The summed E-state index contributed by atoms with van der Waals surface area (Å²) in [6.07, 6.45) is 0.134. The Labute approximate surface area is 119 Å². The number of nitrogens with one attached hydrogen (secondary N) is 1. The van der Waals surface area contributed by atoms with Crippen molar-refractivity contribution in [3.63, 3.8) is 0 Å². The monoisotopic (exact) mass is 287 g/mol. The standard InChI is InChI=1S/C14H13N3O4/c1-9-8-12(16-21-9)15-13(18)6-7-17-10-4-2-3-5-11(10)20-14(17)19/h2-5,8H,6-7H2,1H3,(H,15,16,18). The molecule has 0 spiro atoms. The molecule has 2 aromatic heterocycles. The van der Waals surface area contributed by atoms with Crippen LogP contribution in [0.4, 0.5) is 5.82 Å². The number of rotatable bonds is 4. The fourth-order valence-electron chi connectivity index (χ4n) is 2.07. The average molecular weight is 287 g/mol. The Morgan fingerprint density at radius 3 is 2.95 bits per heavy atom. The van der Waals surface area contributed by atoms with Crippen LogP contribution in [0.3, 0.4) is 0 Å². The van der Waals surface area contributed by atoms with Crippen LogP contribution in [0.1, 0.15) is 12.2 Å². The first-order valence-electron chi connectivity index (χ1n) is 6.45. The van der Waals surface area contributed by atoms with Gasteiger partial charge < -0.3 is 14.3 Å². The largest absolute Gasteiger partial charge is 0.419 e. The average Bonchev–Trinajstić information content (AvgIpc) is 2.99. The summed E-state index contributed by atoms with van der Waals surface area (Å²) in [6, 6.07) is 8.71. The van der Waals surface area contributed by atoms with Crippen LogP contribution in [0.5, 0.6) is 0 Å². The van der Waals surface area contributed by atoms with E-state index in [0.717, 1.165) is 0 Å². The minimum Gasteiger partial charge on any atom is -0.408 e. The van der Waals surface area contributed by atoms with Gasteiger partial charge in [-0.25, -0.2) is 4.79 Å². The number of amides is 1. The number of aryl methyl sites for hydroxylation is 2. The highest BCUT2D eigenvalue weighted by Gasteiger charge is 2.11. The van der Waals surface area contributed by atoms with Crippen LogP contribution in [0.2, 0.25) is 0 Å². The van der Waals surface area contributed by atoms with Crippen molar-refractivity contribution in [1.29, 1.82) is 0 Å². The number of carbonyl (C=O) groups is 1. The zero-order valence-electron chi connectivity index (χ0n) is 11.3. The van der Waals surface area contributed by atoms with Crippen molar-refractivity contribution in [1.82, 2.24) is 9.72 Å². The number of hydrogen-bond donors (Lipinski definition) is 1. The summed E-state index contributed by atoms with van der Waals surface area (Å²) in [7, 11) is 0. The Morgan fingerprint density at radius 2 is 2.19 bits per heavy atom. The molecule has 7 heteroatoms. The number of aromatic nitrogens is 2. The molecule has 3 aromatic rings. The van der Waals surface area contributed by atoms with E-state index in [-0.39, 0.29) is 18.9 Å². The molecule has 1 N–H and O–H groups in total. The first kappa shape index (κ1) is 13.2. The maximum Gasteiger partial charge on any atom is 0.419 e. The van der Waals surface area contributed by atoms with Gasteiger partial charge in [-0.3, -0.25) is 9.36 Å². The summed E-state index contributed by atoms with van der Waals surface area (Å²) in [6.45, 7) is 1.97. The lowest BCUT2D eigenvalue weighted by Gasteiger charge is -2.02. The molecule has 0 fully saturated rings. The second-order valence-electron chi connectivity index (χ2n) is 4.61. The van der Waals surface area contributed by atoms with Gasteiger partial charge in [0.05, 0.1) is 5.52 Å². The van der Waals surface area contributed by atoms with E-state index >= 15 is 0 Å². The van der Waals surface area contributed by atoms with E-state index in [1.807, 2.05) is 6.07 Å². The number of para-hydroxylation sites is 2. The van der Waals surface area contributed by atoms with Crippen LogP contribution in [-0.2, 0) is 11.3 Å². The number of anilines is 1. The van der Waals surface area contributed by atoms with Gasteiger partial charge in [0, 0.05) is 19.0 Å². The van der Waals surface area contributed by atoms with Gasteiger partial charge in [0.25, 0.3) is 0 Å². The first-order valence-corrected chi connectivity index (χ1v) is 6.45. The van der Waals surface area contributed by atoms with Crippen molar-refractivity contribution < 1.29 is 13.7 Å². The summed E-state index contributed by atoms with van der Waals surface area (Å²) in [4.78, 5) is 23.6. The molecule has 1 aromatic carbocycles. The molecule has 0 aliphatic carbocycles. The number of benzene rings is 1. The van der Waals surface area contributed by atoms with Crippen molar-refractivity contribution in [2.24, 2.45) is 0 Å². The van der Waals surface area contributed by atoms with Gasteiger partial charge in [-0.05, 0) is 19.1 Å². The van der Waals surface area contributed by atoms with Crippen LogP contribution >= 0.6 is 0 Å². The van der Waals surface area contributed by atoms with E-state index in [9.17, 15) is 9.59 Å². The Balaban J connectivity index is 1.70. The van der Waals surface area contributed by atoms with Crippen LogP contribution in [0.15, 0.2) is 44.1 Å². The summed E-state index contributed by atoms with van der Waals surface area (Å²) in [5.74, 6) is 0.256. The molecule has 0 saturated carbocycles. The molecule has 2 heterocycles. The lowest BCUT2D eigenvalue weighted by Crippen LogP contribution is -2.19. The molecule has 3 rings (SSSR count). The molecule has 0 radical (unpaired) electrons. The number of fused-ring (bicyclic) bond motifs is 1. The molecule has 0 atom stereocenters. The number of carbonyl (C=O) groups excluding carboxylic acids is 1. The van der Waals surface area contributed by atoms with Gasteiger partial charge in [-0.1, -0.05) is 17.3 Å². The van der Waals surface area contributed by atoms with E-state index in [1.165, 1.54) is 4.57 Å². The quantitative estimate of drug-likeness (QED) is 0.791. The second kappa shape index (κ2) is 5.28. The van der Waals surface area contributed by atoms with Gasteiger partial charge in [0.2, 0.25) is 5.91 Å². The molecular formula is C14H13N3O4. The molecular weight excluding hydrogens is 274 g/mol. The van der Waals surface area contributed by atoms with Gasteiger partial charge in [0.15, 0.2) is 11.4 Å². The zero-order valence-corrected chi connectivity index (χ0v) is 11.3. The predicted molar refractivity (Wildman–Crippen MR) is 75.0 cm³/mol. The van der Waals surface area contributed by atoms with Crippen LogP contribution < -0.4 is 11.1 Å². The molecule has 108 valence electrons. The minimum atomic E-state index is -0.471. The summed E-state index contributed by atoms with van der Waals surface area (Å²) in [5, 5.41) is 6.28. The predicted octanol–water partition coefficient (Wildman–Crippen LogP) is 1.92. The van der Waals surface area contributed by atoms with Crippen molar-refractivity contribution in [2.45, 2.75) is 19.9 Å². The van der Waals surface area contributed by atoms with Crippen molar-refractivity contribution in [2.75, 3.05) is 5.32 Å². The van der Waals surface area contributed by atoms with Crippen molar-refractivity contribution in [3.05, 3.63) is 46.6 Å². The molecule has 0 saturated heterocycles. The first-order chi connectivity index (χ1) is 10.1. The van der Waals surface area contributed by atoms with E-state index in [4.69, 9.17) is 8.94 Å². The normalized spacial score (nSPS) is 10.9. The fourth-order valence-corrected chi connectivity index (χ4v) is 2.07. The molecule has 21 heavy (non-hydrogen) atoms. The van der Waals surface area contributed by atoms with E-state index in [1.54, 1.807) is 31.2 Å². The van der Waals surface area contributed by atoms with Gasteiger partial charge in [-0.15, -0.1) is 0 Å². The fraction of sp³-hybridized carbons (Fsp3) is 0.214. The Morgan fingerprint density at radius 1 is 1.38 bits per heavy atom.